The van der Waals surface area contributed by atoms with Crippen molar-refractivity contribution in [3.8, 4) is 0 Å². The van der Waals surface area contributed by atoms with Crippen LogP contribution in [0.1, 0.15) is 6.23 Å². The zero-order valence-electron chi connectivity index (χ0n) is 12.4. The Morgan fingerprint density at radius 3 is 2.57 bits per heavy atom. The SMILES string of the molecule is Nc1ccn([C@@H]2O[C@H](CO)[C@@H](OP(=O)([O-])[O-])[C@H]2O)c(=O)n1.[Na+].[Na+]. The van der Waals surface area contributed by atoms with Gasteiger partial charge in [0.1, 0.15) is 24.1 Å². The fraction of sp³-hybridized carbons (Fsp3) is 0.556. The van der Waals surface area contributed by atoms with Crippen LogP contribution in [0, 0.1) is 0 Å². The molecule has 1 saturated heterocycles. The van der Waals surface area contributed by atoms with Crippen molar-refractivity contribution in [2.75, 3.05) is 12.3 Å². The summed E-state index contributed by atoms with van der Waals surface area (Å²) in [5, 5.41) is 19.1. The number of anilines is 1. The van der Waals surface area contributed by atoms with Gasteiger partial charge in [-0.2, -0.15) is 4.98 Å². The number of aliphatic hydroxyl groups is 2. The summed E-state index contributed by atoms with van der Waals surface area (Å²) >= 11 is 0. The minimum atomic E-state index is -5.41. The van der Waals surface area contributed by atoms with E-state index in [0.717, 1.165) is 4.57 Å². The molecule has 0 bridgehead atoms. The van der Waals surface area contributed by atoms with E-state index in [1.165, 1.54) is 12.3 Å². The van der Waals surface area contributed by atoms with Gasteiger partial charge in [0, 0.05) is 6.20 Å². The molecule has 14 heteroatoms. The maximum Gasteiger partial charge on any atom is 1.00 e. The molecule has 0 unspecified atom stereocenters. The molecule has 1 aliphatic rings. The Labute approximate surface area is 174 Å². The van der Waals surface area contributed by atoms with Crippen molar-refractivity contribution in [2.24, 2.45) is 0 Å². The first-order valence-corrected chi connectivity index (χ1v) is 7.18. The predicted molar refractivity (Wildman–Crippen MR) is 62.4 cm³/mol. The van der Waals surface area contributed by atoms with E-state index in [-0.39, 0.29) is 64.9 Å². The molecule has 1 aromatic rings. The molecule has 4 atom stereocenters. The van der Waals surface area contributed by atoms with Crippen LogP contribution in [0.3, 0.4) is 0 Å². The smallest absolute Gasteiger partial charge is 0.790 e. The maximum atomic E-state index is 11.7. The quantitative estimate of drug-likeness (QED) is 0.341. The minimum absolute atomic E-state index is 0. The molecule has 1 aliphatic heterocycles. The van der Waals surface area contributed by atoms with Gasteiger partial charge in [-0.25, -0.2) is 4.79 Å². The second-order valence-electron chi connectivity index (χ2n) is 4.30. The molecule has 0 aromatic carbocycles. The van der Waals surface area contributed by atoms with Crippen LogP contribution in [-0.2, 0) is 13.8 Å². The predicted octanol–water partition coefficient (Wildman–Crippen LogP) is -9.70. The molecule has 118 valence electrons. The first-order valence-electron chi connectivity index (χ1n) is 5.72. The van der Waals surface area contributed by atoms with Crippen LogP contribution in [0.5, 0.6) is 0 Å². The van der Waals surface area contributed by atoms with E-state index in [0.29, 0.717) is 0 Å². The number of phosphoric ester groups is 1. The third-order valence-corrected chi connectivity index (χ3v) is 3.37. The molecule has 1 aromatic heterocycles. The van der Waals surface area contributed by atoms with Crippen LogP contribution in [0.15, 0.2) is 17.1 Å². The Morgan fingerprint density at radius 1 is 1.48 bits per heavy atom. The van der Waals surface area contributed by atoms with Crippen LogP contribution in [0.25, 0.3) is 0 Å². The summed E-state index contributed by atoms with van der Waals surface area (Å²) in [7, 11) is -5.41. The first-order chi connectivity index (χ1) is 9.73. The largest absolute Gasteiger partial charge is 1.00 e. The second kappa shape index (κ2) is 9.39. The fourth-order valence-corrected chi connectivity index (χ4v) is 2.55. The second-order valence-corrected chi connectivity index (χ2v) is 5.40. The Kier molecular flexibility index (Phi) is 9.66. The summed E-state index contributed by atoms with van der Waals surface area (Å²) in [6.45, 7) is -0.727. The Balaban J connectivity index is 0.00000242. The van der Waals surface area contributed by atoms with E-state index in [4.69, 9.17) is 15.6 Å². The van der Waals surface area contributed by atoms with Gasteiger partial charge >= 0.3 is 64.8 Å². The average Bonchev–Trinajstić information content (AvgIpc) is 2.65. The number of nitrogen functional groups attached to an aromatic ring is 1. The van der Waals surface area contributed by atoms with Crippen molar-refractivity contribution in [1.29, 1.82) is 0 Å². The summed E-state index contributed by atoms with van der Waals surface area (Å²) in [5.41, 5.74) is 4.46. The van der Waals surface area contributed by atoms with Gasteiger partial charge in [-0.3, -0.25) is 4.57 Å². The van der Waals surface area contributed by atoms with Gasteiger partial charge in [-0.1, -0.05) is 0 Å². The van der Waals surface area contributed by atoms with Gasteiger partial charge in [0.2, 0.25) is 0 Å². The third kappa shape index (κ3) is 5.86. The van der Waals surface area contributed by atoms with Crippen LogP contribution in [0.2, 0.25) is 0 Å². The number of hydrogen-bond acceptors (Lipinski definition) is 10. The zero-order valence-corrected chi connectivity index (χ0v) is 17.3. The topological polar surface area (TPSA) is 183 Å². The summed E-state index contributed by atoms with van der Waals surface area (Å²) in [6, 6.07) is 1.26. The molecule has 0 saturated carbocycles. The number of phosphoric acid groups is 1. The Morgan fingerprint density at radius 2 is 2.09 bits per heavy atom. The van der Waals surface area contributed by atoms with Crippen molar-refractivity contribution in [3.05, 3.63) is 22.7 Å². The number of rotatable bonds is 4. The average molecular weight is 367 g/mol. The molecule has 1 fully saturated rings. The summed E-state index contributed by atoms with van der Waals surface area (Å²) in [6.07, 6.45) is -4.82. The van der Waals surface area contributed by atoms with E-state index in [1.54, 1.807) is 0 Å². The van der Waals surface area contributed by atoms with Gasteiger partial charge in [0.05, 0.1) is 14.4 Å². The number of aromatic nitrogens is 2. The molecule has 0 amide bonds. The Bertz CT molecular complexity index is 625. The van der Waals surface area contributed by atoms with Crippen molar-refractivity contribution < 1.29 is 92.9 Å². The fourth-order valence-electron chi connectivity index (χ4n) is 2.00. The molecule has 2 heterocycles. The molecule has 11 nitrogen and oxygen atoms in total. The van der Waals surface area contributed by atoms with Crippen LogP contribution in [0.4, 0.5) is 5.82 Å². The van der Waals surface area contributed by atoms with Crippen LogP contribution < -0.4 is 80.3 Å². The summed E-state index contributed by atoms with van der Waals surface area (Å²) in [5.74, 6) is -0.0566. The molecule has 2 rings (SSSR count). The molecule has 23 heavy (non-hydrogen) atoms. The van der Waals surface area contributed by atoms with Gasteiger partial charge in [-0.05, 0) is 6.07 Å². The number of nitrogens with zero attached hydrogens (tertiary/aromatic N) is 2. The van der Waals surface area contributed by atoms with Gasteiger partial charge < -0.3 is 39.6 Å². The first kappa shape index (κ1) is 23.7. The molecular formula is C9H12N3Na2O8P. The molecular weight excluding hydrogens is 355 g/mol. The summed E-state index contributed by atoms with van der Waals surface area (Å²) < 4.78 is 20.8. The van der Waals surface area contributed by atoms with Crippen molar-refractivity contribution in [1.82, 2.24) is 9.55 Å². The minimum Gasteiger partial charge on any atom is -0.790 e. The van der Waals surface area contributed by atoms with Gasteiger partial charge in [-0.15, -0.1) is 0 Å². The Hall–Kier alpha value is 0.670. The van der Waals surface area contributed by atoms with Crippen LogP contribution in [-0.4, -0.2) is 44.7 Å². The molecule has 0 radical (unpaired) electrons. The number of hydrogen-bond donors (Lipinski definition) is 3. The molecule has 0 aliphatic carbocycles. The van der Waals surface area contributed by atoms with Crippen molar-refractivity contribution in [3.63, 3.8) is 0 Å². The van der Waals surface area contributed by atoms with E-state index in [9.17, 15) is 24.3 Å². The van der Waals surface area contributed by atoms with Gasteiger partial charge in [0.15, 0.2) is 6.23 Å². The monoisotopic (exact) mass is 367 g/mol. The van der Waals surface area contributed by atoms with Crippen molar-refractivity contribution in [2.45, 2.75) is 24.5 Å². The van der Waals surface area contributed by atoms with Crippen molar-refractivity contribution >= 4 is 13.6 Å². The molecule has 0 spiro atoms. The van der Waals surface area contributed by atoms with Crippen LogP contribution >= 0.6 is 7.82 Å². The van der Waals surface area contributed by atoms with E-state index < -0.39 is 44.7 Å². The maximum absolute atomic E-state index is 11.7. The number of ether oxygens (including phenoxy) is 1. The number of nitrogens with two attached hydrogens (primary N) is 1. The van der Waals surface area contributed by atoms with E-state index >= 15 is 0 Å². The van der Waals surface area contributed by atoms with E-state index in [2.05, 4.69) is 9.51 Å². The van der Waals surface area contributed by atoms with Gasteiger partial charge in [0.25, 0.3) is 0 Å². The number of aliphatic hydroxyl groups excluding tert-OH is 2. The zero-order chi connectivity index (χ0) is 15.8. The summed E-state index contributed by atoms with van der Waals surface area (Å²) in [4.78, 5) is 36.4. The molecule has 4 N–H and O–H groups in total. The normalized spacial score (nSPS) is 27.1. The standard InChI is InChI=1S/C9H14N3O8P.2Na/c10-5-1-2-12(9(15)11-5)8-6(14)7(4(3-13)19-8)20-21(16,17)18;;/h1-2,4,6-8,13-14H,3H2,(H2,10,11,15)(H2,16,17,18);;/q;2*+1/p-2/t4-,6-,7-,8-;;/m1../s1. The van der Waals surface area contributed by atoms with E-state index in [1.807, 2.05) is 0 Å². The third-order valence-electron chi connectivity index (χ3n) is 2.87.